The van der Waals surface area contributed by atoms with E-state index in [2.05, 4.69) is 21.4 Å². The van der Waals surface area contributed by atoms with Gasteiger partial charge in [-0.25, -0.2) is 8.78 Å². The number of hydrogen-bond acceptors (Lipinski definition) is 10. The molecule has 1 amide bonds. The monoisotopic (exact) mass is 741 g/mol. The van der Waals surface area contributed by atoms with E-state index in [1.54, 1.807) is 24.0 Å². The highest BCUT2D eigenvalue weighted by molar-refractivity contribution is 7.23. The van der Waals surface area contributed by atoms with Crippen LogP contribution >= 0.6 is 11.3 Å². The first-order chi connectivity index (χ1) is 24.7. The van der Waals surface area contributed by atoms with Crippen LogP contribution in [0.5, 0.6) is 6.01 Å². The Morgan fingerprint density at radius 3 is 2.75 bits per heavy atom. The lowest BCUT2D eigenvalue weighted by molar-refractivity contribution is -0.137. The summed E-state index contributed by atoms with van der Waals surface area (Å²) < 4.78 is 89.1. The molecule has 4 aromatic rings. The fourth-order valence-electron chi connectivity index (χ4n) is 8.37. The number of nitriles is 1. The van der Waals surface area contributed by atoms with E-state index in [0.29, 0.717) is 37.3 Å². The van der Waals surface area contributed by atoms with Crippen LogP contribution in [-0.4, -0.2) is 89.8 Å². The molecule has 3 aliphatic heterocycles. The molecule has 3 saturated heterocycles. The number of alkyl halides is 3. The van der Waals surface area contributed by atoms with Crippen LogP contribution in [-0.2, 0) is 15.7 Å². The Labute approximate surface area is 300 Å². The molecule has 2 aromatic carbocycles. The number of aromatic nitrogens is 2. The van der Waals surface area contributed by atoms with Crippen molar-refractivity contribution in [2.24, 2.45) is 0 Å². The standard InChI is InChI=1S/C36H36F5N7O3S/c1-5-26(49)48-12-9-25(18(48)2)46(3)33-21-13-23(36(39,40)41)28(20-7-8-24(37)31-27(20)22(15-42)32(43)52-31)29(38)30(21)44-34(45-33)51-17-35-10-6-11-47(35)16-19(14-35)50-4/h5,7-8,13,18-19,25H,1,6,9-12,14,16-17,43H2,2-4H3/t18?,19-,25?,35+/m1/s1. The third-order valence-corrected chi connectivity index (χ3v) is 12.0. The summed E-state index contributed by atoms with van der Waals surface area (Å²) in [5, 5.41) is 9.29. The van der Waals surface area contributed by atoms with Gasteiger partial charge in [0.2, 0.25) is 5.91 Å². The first-order valence-electron chi connectivity index (χ1n) is 16.8. The number of amides is 1. The largest absolute Gasteiger partial charge is 0.461 e. The Hall–Kier alpha value is -4.59. The number of likely N-dealkylation sites (tertiary alicyclic amines) is 1. The van der Waals surface area contributed by atoms with Gasteiger partial charge in [-0.3, -0.25) is 9.69 Å². The Bertz CT molecular complexity index is 2150. The molecular weight excluding hydrogens is 705 g/mol. The number of fused-ring (bicyclic) bond motifs is 3. The highest BCUT2D eigenvalue weighted by Gasteiger charge is 2.49. The van der Waals surface area contributed by atoms with Gasteiger partial charge in [-0.2, -0.15) is 28.4 Å². The summed E-state index contributed by atoms with van der Waals surface area (Å²) in [5.74, 6) is -2.48. The predicted molar refractivity (Wildman–Crippen MR) is 187 cm³/mol. The number of nitrogen functional groups attached to an aromatic ring is 1. The van der Waals surface area contributed by atoms with E-state index in [4.69, 9.17) is 15.2 Å². The lowest BCUT2D eigenvalue weighted by Crippen LogP contribution is -2.44. The molecule has 0 aliphatic carbocycles. The highest BCUT2D eigenvalue weighted by atomic mass is 32.1. The third kappa shape index (κ3) is 5.69. The SMILES string of the molecule is C=CC(=O)N1CCC(N(C)c2nc(OC[C@@]34CCCN3C[C@H](OC)C4)nc3c(F)c(-c4ccc(F)c5sc(N)c(C#N)c45)c(C(F)(F)F)cc23)C1C. The fourth-order valence-corrected chi connectivity index (χ4v) is 9.32. The van der Waals surface area contributed by atoms with Crippen LogP contribution in [0, 0.1) is 23.0 Å². The van der Waals surface area contributed by atoms with Crippen molar-refractivity contribution in [2.75, 3.05) is 51.0 Å². The summed E-state index contributed by atoms with van der Waals surface area (Å²) in [6, 6.07) is 3.50. The van der Waals surface area contributed by atoms with Crippen molar-refractivity contribution < 1.29 is 36.2 Å². The number of ether oxygens (including phenoxy) is 2. The quantitative estimate of drug-likeness (QED) is 0.159. The molecule has 0 bridgehead atoms. The lowest BCUT2D eigenvalue weighted by Gasteiger charge is -2.33. The molecule has 2 unspecified atom stereocenters. The zero-order valence-corrected chi connectivity index (χ0v) is 29.5. The van der Waals surface area contributed by atoms with Gasteiger partial charge in [0.05, 0.1) is 33.5 Å². The molecule has 5 heterocycles. The van der Waals surface area contributed by atoms with Crippen molar-refractivity contribution >= 4 is 49.1 Å². The second-order valence-electron chi connectivity index (χ2n) is 13.7. The van der Waals surface area contributed by atoms with Crippen molar-refractivity contribution in [1.82, 2.24) is 19.8 Å². The molecule has 2 N–H and O–H groups in total. The van der Waals surface area contributed by atoms with Crippen LogP contribution in [0.2, 0.25) is 0 Å². The molecule has 4 atom stereocenters. The zero-order chi connectivity index (χ0) is 37.3. The number of nitrogens with two attached hydrogens (primary N) is 1. The lowest BCUT2D eigenvalue weighted by atomic mass is 9.92. The average molecular weight is 742 g/mol. The molecule has 52 heavy (non-hydrogen) atoms. The normalized spacial score (nSPS) is 23.4. The predicted octanol–water partition coefficient (Wildman–Crippen LogP) is 6.51. The second-order valence-corrected chi connectivity index (χ2v) is 14.7. The Morgan fingerprint density at radius 1 is 1.29 bits per heavy atom. The van der Waals surface area contributed by atoms with Crippen molar-refractivity contribution in [1.29, 1.82) is 5.26 Å². The molecular formula is C36H36F5N7O3S. The van der Waals surface area contributed by atoms with E-state index in [1.807, 2.05) is 13.0 Å². The summed E-state index contributed by atoms with van der Waals surface area (Å²) >= 11 is 0.693. The topological polar surface area (TPSA) is 121 Å². The zero-order valence-electron chi connectivity index (χ0n) is 28.7. The molecule has 3 fully saturated rings. The summed E-state index contributed by atoms with van der Waals surface area (Å²) in [5.41, 5.74) is 2.25. The molecule has 0 saturated carbocycles. The number of rotatable bonds is 8. The number of nitrogens with zero attached hydrogens (tertiary/aromatic N) is 6. The van der Waals surface area contributed by atoms with Gasteiger partial charge in [-0.05, 0) is 62.9 Å². The number of carbonyl (C=O) groups is 1. The minimum Gasteiger partial charge on any atom is -0.461 e. The van der Waals surface area contributed by atoms with E-state index >= 15 is 17.6 Å². The van der Waals surface area contributed by atoms with Crippen LogP contribution in [0.25, 0.3) is 32.1 Å². The van der Waals surface area contributed by atoms with E-state index in [0.717, 1.165) is 37.6 Å². The van der Waals surface area contributed by atoms with Crippen LogP contribution in [0.15, 0.2) is 30.9 Å². The van der Waals surface area contributed by atoms with Gasteiger partial charge in [0, 0.05) is 49.6 Å². The van der Waals surface area contributed by atoms with Crippen molar-refractivity contribution in [3.63, 3.8) is 0 Å². The van der Waals surface area contributed by atoms with E-state index < -0.39 is 46.5 Å². The average Bonchev–Trinajstić information content (AvgIpc) is 3.87. The van der Waals surface area contributed by atoms with E-state index in [1.165, 1.54) is 6.08 Å². The molecule has 16 heteroatoms. The Balaban J connectivity index is 1.44. The van der Waals surface area contributed by atoms with Gasteiger partial charge >= 0.3 is 12.2 Å². The number of halogens is 5. The minimum atomic E-state index is -5.11. The summed E-state index contributed by atoms with van der Waals surface area (Å²) in [6.45, 7) is 7.45. The van der Waals surface area contributed by atoms with Gasteiger partial charge in [0.25, 0.3) is 0 Å². The maximum absolute atomic E-state index is 17.2. The van der Waals surface area contributed by atoms with Crippen LogP contribution < -0.4 is 15.4 Å². The van der Waals surface area contributed by atoms with Crippen LogP contribution in [0.1, 0.15) is 43.7 Å². The highest BCUT2D eigenvalue weighted by Crippen LogP contribution is 2.48. The number of likely N-dealkylation sites (N-methyl/N-ethyl adjacent to an activating group) is 1. The first kappa shape index (κ1) is 35.8. The summed E-state index contributed by atoms with van der Waals surface area (Å²) in [7, 11) is 3.28. The maximum atomic E-state index is 17.2. The molecule has 10 nitrogen and oxygen atoms in total. The molecule has 0 radical (unpaired) electrons. The van der Waals surface area contributed by atoms with E-state index in [9.17, 15) is 14.4 Å². The van der Waals surface area contributed by atoms with Gasteiger partial charge in [0.15, 0.2) is 5.82 Å². The van der Waals surface area contributed by atoms with Gasteiger partial charge in [0.1, 0.15) is 34.8 Å². The molecule has 0 spiro atoms. The molecule has 3 aliphatic rings. The fraction of sp³-hybridized carbons (Fsp3) is 0.444. The van der Waals surface area contributed by atoms with Crippen molar-refractivity contribution in [3.8, 4) is 23.2 Å². The van der Waals surface area contributed by atoms with Crippen molar-refractivity contribution in [3.05, 3.63) is 53.6 Å². The number of benzene rings is 2. The van der Waals surface area contributed by atoms with Crippen LogP contribution in [0.3, 0.4) is 0 Å². The maximum Gasteiger partial charge on any atom is 0.417 e. The summed E-state index contributed by atoms with van der Waals surface area (Å²) in [6.07, 6.45) is -1.02. The second kappa shape index (κ2) is 13.1. The minimum absolute atomic E-state index is 0.00836. The third-order valence-electron chi connectivity index (χ3n) is 11.0. The molecule has 7 rings (SSSR count). The number of thiophene rings is 1. The smallest absolute Gasteiger partial charge is 0.417 e. The Morgan fingerprint density at radius 2 is 2.06 bits per heavy atom. The molecule has 274 valence electrons. The number of anilines is 2. The number of methoxy groups -OCH3 is 1. The van der Waals surface area contributed by atoms with Crippen molar-refractivity contribution in [2.45, 2.75) is 62.5 Å². The first-order valence-corrected chi connectivity index (χ1v) is 17.6. The Kier molecular flexibility index (Phi) is 9.03. The van der Waals surface area contributed by atoms with E-state index in [-0.39, 0.29) is 67.6 Å². The van der Waals surface area contributed by atoms with Gasteiger partial charge < -0.3 is 25.0 Å². The number of hydrogen-bond donors (Lipinski definition) is 1. The number of carbonyl (C=O) groups excluding carboxylic acids is 1. The molecule has 2 aromatic heterocycles. The summed E-state index contributed by atoms with van der Waals surface area (Å²) in [4.78, 5) is 27.1. The van der Waals surface area contributed by atoms with Gasteiger partial charge in [-0.1, -0.05) is 12.6 Å². The van der Waals surface area contributed by atoms with Gasteiger partial charge in [-0.15, -0.1) is 11.3 Å². The van der Waals surface area contributed by atoms with Crippen LogP contribution in [0.4, 0.5) is 32.8 Å².